The number of nitrogens with zero attached hydrogens (tertiary/aromatic N) is 2. The third-order valence-electron chi connectivity index (χ3n) is 4.33. The predicted octanol–water partition coefficient (Wildman–Crippen LogP) is 1.51. The van der Waals surface area contributed by atoms with Crippen LogP contribution in [0, 0.1) is 11.3 Å². The first-order valence-electron chi connectivity index (χ1n) is 7.29. The monoisotopic (exact) mass is 316 g/mol. The lowest BCUT2D eigenvalue weighted by Crippen LogP contribution is -2.52. The Bertz CT molecular complexity index is 808. The Morgan fingerprint density at radius 2 is 2.35 bits per heavy atom. The molecule has 3 atom stereocenters. The number of alkyl halides is 1. The van der Waals surface area contributed by atoms with Crippen LogP contribution in [0.4, 0.5) is 4.39 Å². The highest BCUT2D eigenvalue weighted by Crippen LogP contribution is 2.33. The number of fused-ring (bicyclic) bond motifs is 1. The maximum atomic E-state index is 13.6. The Kier molecular flexibility index (Phi) is 3.49. The number of H-pyrrole nitrogens is 1. The minimum Gasteiger partial charge on any atom is -0.508 e. The van der Waals surface area contributed by atoms with E-state index in [0.29, 0.717) is 10.9 Å². The molecular weight excluding hydrogens is 299 g/mol. The molecule has 23 heavy (non-hydrogen) atoms. The molecule has 0 spiro atoms. The Morgan fingerprint density at radius 3 is 3.04 bits per heavy atom. The lowest BCUT2D eigenvalue weighted by molar-refractivity contribution is -0.136. The summed E-state index contributed by atoms with van der Waals surface area (Å²) >= 11 is 0. The molecule has 6 nitrogen and oxygen atoms in total. The molecule has 7 heteroatoms. The zero-order valence-corrected chi connectivity index (χ0v) is 12.6. The molecule has 0 bridgehead atoms. The topological polar surface area (TPSA) is 106 Å². The van der Waals surface area contributed by atoms with Crippen LogP contribution in [-0.2, 0) is 10.3 Å². The van der Waals surface area contributed by atoms with Crippen molar-refractivity contribution < 1.29 is 14.3 Å². The molecule has 4 N–H and O–H groups in total. The van der Waals surface area contributed by atoms with Crippen LogP contribution >= 0.6 is 0 Å². The van der Waals surface area contributed by atoms with Crippen molar-refractivity contribution in [2.24, 2.45) is 5.73 Å². The van der Waals surface area contributed by atoms with Crippen molar-refractivity contribution in [2.75, 3.05) is 6.54 Å². The van der Waals surface area contributed by atoms with E-state index in [4.69, 9.17) is 11.0 Å². The van der Waals surface area contributed by atoms with Gasteiger partial charge in [0.15, 0.2) is 0 Å². The third kappa shape index (κ3) is 2.41. The Morgan fingerprint density at radius 1 is 1.61 bits per heavy atom. The molecule has 2 aromatic rings. The number of nitrogens with one attached hydrogen (secondary N) is 1. The van der Waals surface area contributed by atoms with Crippen LogP contribution < -0.4 is 5.73 Å². The number of halogens is 1. The van der Waals surface area contributed by atoms with E-state index in [1.165, 1.54) is 24.0 Å². The van der Waals surface area contributed by atoms with Crippen LogP contribution in [0.1, 0.15) is 18.9 Å². The number of amides is 1. The highest BCUT2D eigenvalue weighted by Gasteiger charge is 2.43. The van der Waals surface area contributed by atoms with Gasteiger partial charge in [-0.25, -0.2) is 4.39 Å². The fourth-order valence-electron chi connectivity index (χ4n) is 3.08. The first-order chi connectivity index (χ1) is 10.8. The van der Waals surface area contributed by atoms with Gasteiger partial charge in [-0.15, -0.1) is 0 Å². The number of hydrogen-bond donors (Lipinski definition) is 3. The number of hydrogen-bond acceptors (Lipinski definition) is 4. The fourth-order valence-corrected chi connectivity index (χ4v) is 3.08. The number of rotatable bonds is 2. The zero-order valence-electron chi connectivity index (χ0n) is 12.6. The molecule has 0 saturated carbocycles. The van der Waals surface area contributed by atoms with Gasteiger partial charge in [-0.1, -0.05) is 0 Å². The van der Waals surface area contributed by atoms with E-state index >= 15 is 0 Å². The summed E-state index contributed by atoms with van der Waals surface area (Å²) in [6.45, 7) is 1.40. The van der Waals surface area contributed by atoms with E-state index in [1.807, 2.05) is 6.07 Å². The van der Waals surface area contributed by atoms with Gasteiger partial charge in [0, 0.05) is 29.1 Å². The van der Waals surface area contributed by atoms with Crippen LogP contribution in [-0.4, -0.2) is 39.7 Å². The van der Waals surface area contributed by atoms with Crippen molar-refractivity contribution in [1.29, 1.82) is 5.26 Å². The molecule has 1 aromatic carbocycles. The van der Waals surface area contributed by atoms with E-state index < -0.39 is 23.7 Å². The second kappa shape index (κ2) is 5.25. The molecule has 1 aliphatic rings. The van der Waals surface area contributed by atoms with Gasteiger partial charge in [0.2, 0.25) is 5.91 Å². The van der Waals surface area contributed by atoms with Crippen molar-refractivity contribution in [3.63, 3.8) is 0 Å². The van der Waals surface area contributed by atoms with E-state index in [-0.39, 0.29) is 18.7 Å². The summed E-state index contributed by atoms with van der Waals surface area (Å²) in [5.74, 6) is -0.449. The molecule has 1 aromatic heterocycles. The van der Waals surface area contributed by atoms with Crippen molar-refractivity contribution >= 4 is 16.8 Å². The molecule has 0 aliphatic carbocycles. The quantitative estimate of drug-likeness (QED) is 0.780. The number of carbonyl (C=O) groups excluding carboxylic acids is 1. The number of phenolic OH excluding ortho intramolecular Hbond substituents is 1. The second-order valence-electron chi connectivity index (χ2n) is 6.07. The van der Waals surface area contributed by atoms with Crippen LogP contribution in [0.2, 0.25) is 0 Å². The third-order valence-corrected chi connectivity index (χ3v) is 4.33. The molecule has 1 amide bonds. The van der Waals surface area contributed by atoms with E-state index in [0.717, 1.165) is 5.52 Å². The van der Waals surface area contributed by atoms with Gasteiger partial charge in [-0.2, -0.15) is 5.26 Å². The summed E-state index contributed by atoms with van der Waals surface area (Å²) in [5.41, 5.74) is 6.04. The van der Waals surface area contributed by atoms with Gasteiger partial charge in [0.25, 0.3) is 0 Å². The zero-order chi connectivity index (χ0) is 16.8. The van der Waals surface area contributed by atoms with Crippen LogP contribution in [0.25, 0.3) is 10.9 Å². The van der Waals surface area contributed by atoms with Gasteiger partial charge in [-0.3, -0.25) is 4.79 Å². The normalized spacial score (nSPS) is 23.7. The lowest BCUT2D eigenvalue weighted by atomic mass is 9.91. The Hall–Kier alpha value is -2.59. The molecule has 2 heterocycles. The average Bonchev–Trinajstić information content (AvgIpc) is 3.09. The number of aromatic nitrogens is 1. The van der Waals surface area contributed by atoms with Crippen molar-refractivity contribution in [3.8, 4) is 11.8 Å². The summed E-state index contributed by atoms with van der Waals surface area (Å²) in [5, 5.41) is 19.4. The summed E-state index contributed by atoms with van der Waals surface area (Å²) < 4.78 is 13.6. The molecule has 0 radical (unpaired) electrons. The van der Waals surface area contributed by atoms with Crippen molar-refractivity contribution in [1.82, 2.24) is 9.88 Å². The molecule has 3 rings (SSSR count). The fraction of sp³-hybridized carbons (Fsp3) is 0.375. The summed E-state index contributed by atoms with van der Waals surface area (Å²) in [6, 6.07) is 5.87. The first kappa shape index (κ1) is 15.3. The minimum atomic E-state index is -1.44. The van der Waals surface area contributed by atoms with Gasteiger partial charge >= 0.3 is 0 Å². The standard InChI is InChI=1S/C16H17FN4O2/c1-16(19,15(23)21-8-9(17)4-10(21)6-18)13-7-20-14-3-2-11(22)5-12(13)14/h2-3,5,7,9-10,20,22H,4,8,19H2,1H3. The van der Waals surface area contributed by atoms with Crippen molar-refractivity contribution in [2.45, 2.75) is 31.1 Å². The number of carbonyl (C=O) groups is 1. The maximum absolute atomic E-state index is 13.6. The van der Waals surface area contributed by atoms with E-state index in [9.17, 15) is 14.3 Å². The molecule has 3 unspecified atom stereocenters. The number of nitriles is 1. The van der Waals surface area contributed by atoms with Crippen molar-refractivity contribution in [3.05, 3.63) is 30.0 Å². The highest BCUT2D eigenvalue weighted by atomic mass is 19.1. The first-order valence-corrected chi connectivity index (χ1v) is 7.29. The summed E-state index contributed by atoms with van der Waals surface area (Å²) in [4.78, 5) is 17.0. The predicted molar refractivity (Wildman–Crippen MR) is 82.1 cm³/mol. The number of aromatic amines is 1. The number of likely N-dealkylation sites (tertiary alicyclic amines) is 1. The lowest BCUT2D eigenvalue weighted by Gasteiger charge is -2.30. The smallest absolute Gasteiger partial charge is 0.248 e. The Balaban J connectivity index is 2.01. The van der Waals surface area contributed by atoms with E-state index in [1.54, 1.807) is 12.3 Å². The van der Waals surface area contributed by atoms with Crippen LogP contribution in [0.15, 0.2) is 24.4 Å². The maximum Gasteiger partial charge on any atom is 0.248 e. The van der Waals surface area contributed by atoms with Crippen LogP contribution in [0.3, 0.4) is 0 Å². The average molecular weight is 316 g/mol. The SMILES string of the molecule is CC(N)(C(=O)N1CC(F)CC1C#N)c1c[nH]c2ccc(O)cc12. The molecule has 1 aliphatic heterocycles. The molecular formula is C16H17FN4O2. The van der Waals surface area contributed by atoms with Gasteiger partial charge in [0.05, 0.1) is 12.6 Å². The second-order valence-corrected chi connectivity index (χ2v) is 6.07. The largest absolute Gasteiger partial charge is 0.508 e. The van der Waals surface area contributed by atoms with E-state index in [2.05, 4.69) is 4.98 Å². The number of nitrogens with two attached hydrogens (primary N) is 1. The number of benzene rings is 1. The van der Waals surface area contributed by atoms with Gasteiger partial charge in [-0.05, 0) is 25.1 Å². The summed E-state index contributed by atoms with van der Waals surface area (Å²) in [7, 11) is 0. The summed E-state index contributed by atoms with van der Waals surface area (Å²) in [6.07, 6.45) is 0.394. The minimum absolute atomic E-state index is 0.00694. The van der Waals surface area contributed by atoms with Gasteiger partial charge < -0.3 is 20.7 Å². The highest BCUT2D eigenvalue weighted by molar-refractivity contribution is 5.95. The molecule has 1 saturated heterocycles. The Labute approximate surface area is 132 Å². The number of aromatic hydroxyl groups is 1. The van der Waals surface area contributed by atoms with Gasteiger partial charge in [0.1, 0.15) is 23.5 Å². The molecule has 120 valence electrons. The number of phenols is 1. The van der Waals surface area contributed by atoms with Crippen LogP contribution in [0.5, 0.6) is 5.75 Å². The molecule has 1 fully saturated rings.